The number of benzene rings is 3. The first-order valence-corrected chi connectivity index (χ1v) is 13.4. The van der Waals surface area contributed by atoms with Gasteiger partial charge in [-0.25, -0.2) is 8.42 Å². The Balaban J connectivity index is 1.48. The lowest BCUT2D eigenvalue weighted by Gasteiger charge is -2.26. The van der Waals surface area contributed by atoms with Crippen LogP contribution in [0.5, 0.6) is 5.75 Å². The molecule has 1 fully saturated rings. The number of para-hydroxylation sites is 1. The highest BCUT2D eigenvalue weighted by Gasteiger charge is 2.29. The topological polar surface area (TPSA) is 80.6 Å². The molecule has 2 heterocycles. The van der Waals surface area contributed by atoms with E-state index in [2.05, 4.69) is 28.9 Å². The number of nitrogens with one attached hydrogen (secondary N) is 1. The van der Waals surface area contributed by atoms with E-state index in [1.165, 1.54) is 17.5 Å². The molecule has 1 N–H and O–H groups in total. The summed E-state index contributed by atoms with van der Waals surface area (Å²) in [7, 11) is -2.32. The summed E-state index contributed by atoms with van der Waals surface area (Å²) in [6, 6.07) is 18.6. The van der Waals surface area contributed by atoms with Crippen LogP contribution in [-0.4, -0.2) is 43.4 Å². The molecule has 3 aromatic carbocycles. The number of piperidine rings is 1. The fraction of sp³-hybridized carbons (Fsp3) is 0.296. The summed E-state index contributed by atoms with van der Waals surface area (Å²) < 4.78 is 35.7. The van der Waals surface area contributed by atoms with Gasteiger partial charge in [0.15, 0.2) is 0 Å². The van der Waals surface area contributed by atoms with Gasteiger partial charge in [0.1, 0.15) is 10.6 Å². The summed E-state index contributed by atoms with van der Waals surface area (Å²) in [5, 5.41) is 5.12. The smallest absolute Gasteiger partial charge is 0.255 e. The van der Waals surface area contributed by atoms with Crippen LogP contribution in [-0.2, 0) is 16.6 Å². The Kier molecular flexibility index (Phi) is 6.25. The number of ether oxygens (including phenoxy) is 1. The van der Waals surface area contributed by atoms with Crippen molar-refractivity contribution in [1.82, 2.24) is 8.87 Å². The van der Waals surface area contributed by atoms with Crippen LogP contribution in [0.4, 0.5) is 5.69 Å². The minimum atomic E-state index is -3.76. The predicted molar refractivity (Wildman–Crippen MR) is 139 cm³/mol. The number of sulfonamides is 1. The van der Waals surface area contributed by atoms with Crippen molar-refractivity contribution in [1.29, 1.82) is 0 Å². The first-order chi connectivity index (χ1) is 16.9. The minimum absolute atomic E-state index is 0.0241. The number of carbonyl (C=O) groups excluding carboxylic acids is 1. The van der Waals surface area contributed by atoms with E-state index in [1.54, 1.807) is 12.1 Å². The molecular formula is C27H29N3O4S. The predicted octanol–water partition coefficient (Wildman–Crippen LogP) is 5.25. The average Bonchev–Trinajstić information content (AvgIpc) is 3.21. The molecule has 0 unspecified atom stereocenters. The Labute approximate surface area is 205 Å². The molecule has 182 valence electrons. The number of amides is 1. The molecule has 0 saturated carbocycles. The molecule has 5 rings (SSSR count). The summed E-state index contributed by atoms with van der Waals surface area (Å²) in [6.45, 7) is 3.91. The first-order valence-electron chi connectivity index (χ1n) is 11.9. The highest BCUT2D eigenvalue weighted by atomic mass is 32.2. The summed E-state index contributed by atoms with van der Waals surface area (Å²) in [4.78, 5) is 13.2. The summed E-state index contributed by atoms with van der Waals surface area (Å²) >= 11 is 0. The molecule has 1 aliphatic heterocycles. The third-order valence-electron chi connectivity index (χ3n) is 6.71. The standard InChI is InChI=1S/C27H29N3O4S/c1-3-30-23-10-6-5-9-21(23)22-18-20(12-13-24(22)30)28-27(31)19-11-14-25(34-2)26(17-19)35(32,33)29-15-7-4-8-16-29/h5-6,9-14,17-18H,3-4,7-8,15-16H2,1-2H3,(H,28,31). The average molecular weight is 492 g/mol. The van der Waals surface area contributed by atoms with Gasteiger partial charge in [-0.1, -0.05) is 24.6 Å². The fourth-order valence-electron chi connectivity index (χ4n) is 4.94. The van der Waals surface area contributed by atoms with Crippen molar-refractivity contribution in [2.24, 2.45) is 0 Å². The quantitative estimate of drug-likeness (QED) is 0.399. The van der Waals surface area contributed by atoms with Gasteiger partial charge in [0.2, 0.25) is 10.0 Å². The van der Waals surface area contributed by atoms with Crippen molar-refractivity contribution in [2.45, 2.75) is 37.6 Å². The second-order valence-corrected chi connectivity index (χ2v) is 10.7. The summed E-state index contributed by atoms with van der Waals surface area (Å²) in [5.74, 6) is -0.137. The van der Waals surface area contributed by atoms with Crippen LogP contribution in [0.1, 0.15) is 36.5 Å². The van der Waals surface area contributed by atoms with Gasteiger partial charge in [-0.15, -0.1) is 0 Å². The fourth-order valence-corrected chi connectivity index (χ4v) is 6.64. The lowest BCUT2D eigenvalue weighted by atomic mass is 10.1. The first kappa shape index (κ1) is 23.4. The molecule has 4 aromatic rings. The lowest BCUT2D eigenvalue weighted by Crippen LogP contribution is -2.35. The van der Waals surface area contributed by atoms with Crippen LogP contribution in [0.3, 0.4) is 0 Å². The van der Waals surface area contributed by atoms with E-state index in [0.29, 0.717) is 18.8 Å². The number of hydrogen-bond acceptors (Lipinski definition) is 4. The van der Waals surface area contributed by atoms with Crippen molar-refractivity contribution in [3.8, 4) is 5.75 Å². The molecule has 1 saturated heterocycles. The Bertz CT molecular complexity index is 1520. The van der Waals surface area contributed by atoms with Crippen LogP contribution >= 0.6 is 0 Å². The Morgan fingerprint density at radius 3 is 2.43 bits per heavy atom. The number of fused-ring (bicyclic) bond motifs is 3. The summed E-state index contributed by atoms with van der Waals surface area (Å²) in [6.07, 6.45) is 2.68. The molecular weight excluding hydrogens is 462 g/mol. The van der Waals surface area contributed by atoms with Crippen molar-refractivity contribution < 1.29 is 17.9 Å². The molecule has 0 spiro atoms. The SMILES string of the molecule is CCn1c2ccccc2c2cc(NC(=O)c3ccc(OC)c(S(=O)(=O)N4CCCCC4)c3)ccc21. The monoisotopic (exact) mass is 491 g/mol. The second-order valence-electron chi connectivity index (χ2n) is 8.78. The van der Waals surface area contributed by atoms with Gasteiger partial charge in [0.25, 0.3) is 5.91 Å². The number of nitrogens with zero attached hydrogens (tertiary/aromatic N) is 2. The number of aromatic nitrogens is 1. The second kappa shape index (κ2) is 9.36. The zero-order chi connectivity index (χ0) is 24.6. The molecule has 0 radical (unpaired) electrons. The zero-order valence-electron chi connectivity index (χ0n) is 20.0. The Morgan fingerprint density at radius 2 is 1.69 bits per heavy atom. The van der Waals surface area contributed by atoms with E-state index in [-0.39, 0.29) is 22.1 Å². The number of methoxy groups -OCH3 is 1. The largest absolute Gasteiger partial charge is 0.495 e. The summed E-state index contributed by atoms with van der Waals surface area (Å²) in [5.41, 5.74) is 3.16. The Hall–Kier alpha value is -3.36. The molecule has 8 heteroatoms. The number of anilines is 1. The molecule has 1 aliphatic rings. The zero-order valence-corrected chi connectivity index (χ0v) is 20.8. The molecule has 0 aliphatic carbocycles. The van der Waals surface area contributed by atoms with Crippen molar-refractivity contribution in [3.05, 3.63) is 66.2 Å². The Morgan fingerprint density at radius 1 is 0.943 bits per heavy atom. The number of aryl methyl sites for hydroxylation is 1. The highest BCUT2D eigenvalue weighted by molar-refractivity contribution is 7.89. The number of hydrogen-bond donors (Lipinski definition) is 1. The van der Waals surface area contributed by atoms with Crippen molar-refractivity contribution in [3.63, 3.8) is 0 Å². The van der Waals surface area contributed by atoms with E-state index in [4.69, 9.17) is 4.74 Å². The molecule has 1 aromatic heterocycles. The maximum Gasteiger partial charge on any atom is 0.255 e. The highest BCUT2D eigenvalue weighted by Crippen LogP contribution is 2.32. The van der Waals surface area contributed by atoms with Gasteiger partial charge in [-0.05, 0) is 62.2 Å². The lowest BCUT2D eigenvalue weighted by molar-refractivity contribution is 0.102. The third kappa shape index (κ3) is 4.17. The van der Waals surface area contributed by atoms with E-state index < -0.39 is 10.0 Å². The van der Waals surface area contributed by atoms with Gasteiger partial charge < -0.3 is 14.6 Å². The van der Waals surface area contributed by atoms with E-state index in [1.807, 2.05) is 30.3 Å². The van der Waals surface area contributed by atoms with Crippen LogP contribution in [0.15, 0.2) is 65.6 Å². The van der Waals surface area contributed by atoms with Gasteiger partial charge in [-0.3, -0.25) is 4.79 Å². The number of carbonyl (C=O) groups is 1. The van der Waals surface area contributed by atoms with Gasteiger partial charge in [-0.2, -0.15) is 4.31 Å². The van der Waals surface area contributed by atoms with E-state index in [9.17, 15) is 13.2 Å². The normalized spacial score (nSPS) is 14.9. The van der Waals surface area contributed by atoms with Crippen LogP contribution in [0.2, 0.25) is 0 Å². The van der Waals surface area contributed by atoms with Crippen LogP contribution in [0.25, 0.3) is 21.8 Å². The van der Waals surface area contributed by atoms with Crippen LogP contribution in [0, 0.1) is 0 Å². The maximum absolute atomic E-state index is 13.3. The molecule has 35 heavy (non-hydrogen) atoms. The molecule has 0 bridgehead atoms. The minimum Gasteiger partial charge on any atom is -0.495 e. The van der Waals surface area contributed by atoms with Crippen molar-refractivity contribution in [2.75, 3.05) is 25.5 Å². The molecule has 0 atom stereocenters. The van der Waals surface area contributed by atoms with E-state index >= 15 is 0 Å². The van der Waals surface area contributed by atoms with E-state index in [0.717, 1.165) is 47.6 Å². The molecule has 1 amide bonds. The van der Waals surface area contributed by atoms with Crippen LogP contribution < -0.4 is 10.1 Å². The maximum atomic E-state index is 13.3. The van der Waals surface area contributed by atoms with Gasteiger partial charge in [0, 0.05) is 52.7 Å². The third-order valence-corrected chi connectivity index (χ3v) is 8.62. The van der Waals surface area contributed by atoms with Crippen molar-refractivity contribution >= 4 is 43.4 Å². The van der Waals surface area contributed by atoms with Gasteiger partial charge >= 0.3 is 0 Å². The molecule has 7 nitrogen and oxygen atoms in total. The number of rotatable bonds is 6. The van der Waals surface area contributed by atoms with Gasteiger partial charge in [0.05, 0.1) is 7.11 Å².